The Labute approximate surface area is 149 Å². The van der Waals surface area contributed by atoms with Crippen molar-refractivity contribution in [1.29, 1.82) is 0 Å². The largest absolute Gasteiger partial charge is 0.0622 e. The van der Waals surface area contributed by atoms with Crippen molar-refractivity contribution >= 4 is 0 Å². The smallest absolute Gasteiger partial charge is 0.0105 e. The second kappa shape index (κ2) is 6.78. The number of aryl methyl sites for hydroxylation is 1. The molecule has 0 saturated carbocycles. The predicted molar refractivity (Wildman–Crippen MR) is 107 cm³/mol. The molecule has 0 bridgehead atoms. The quantitative estimate of drug-likeness (QED) is 0.381. The zero-order valence-electron chi connectivity index (χ0n) is 14.3. The average Bonchev–Trinajstić information content (AvgIpc) is 2.70. The van der Waals surface area contributed by atoms with Gasteiger partial charge in [0.2, 0.25) is 0 Å². The lowest BCUT2D eigenvalue weighted by Crippen LogP contribution is -1.88. The van der Waals surface area contributed by atoms with Crippen LogP contribution in [-0.2, 0) is 0 Å². The van der Waals surface area contributed by atoms with Gasteiger partial charge in [-0.25, -0.2) is 0 Å². The molecule has 0 nitrogen and oxygen atoms in total. The van der Waals surface area contributed by atoms with Gasteiger partial charge in [0.25, 0.3) is 0 Å². The Hall–Kier alpha value is -3.12. The molecule has 120 valence electrons. The Balaban J connectivity index is 1.87. The van der Waals surface area contributed by atoms with E-state index in [0.29, 0.717) is 0 Å². The lowest BCUT2D eigenvalue weighted by molar-refractivity contribution is 1.45. The fraction of sp³-hybridized carbons (Fsp3) is 0.0400. The molecular weight excluding hydrogens is 300 g/mol. The molecule has 0 unspecified atom stereocenters. The van der Waals surface area contributed by atoms with Crippen LogP contribution in [0.3, 0.4) is 0 Å². The highest BCUT2D eigenvalue weighted by Crippen LogP contribution is 2.35. The van der Waals surface area contributed by atoms with Crippen molar-refractivity contribution in [1.82, 2.24) is 0 Å². The third-order valence-corrected chi connectivity index (χ3v) is 4.65. The predicted octanol–water partition coefficient (Wildman–Crippen LogP) is 7.00. The van der Waals surface area contributed by atoms with Crippen molar-refractivity contribution in [2.75, 3.05) is 0 Å². The van der Waals surface area contributed by atoms with Crippen molar-refractivity contribution in [3.05, 3.63) is 109 Å². The van der Waals surface area contributed by atoms with Crippen LogP contribution in [0.15, 0.2) is 103 Å². The van der Waals surface area contributed by atoms with Gasteiger partial charge in [0, 0.05) is 0 Å². The van der Waals surface area contributed by atoms with Crippen LogP contribution in [0.5, 0.6) is 0 Å². The standard InChI is InChI=1S/C25H20/c1-19-16-17-22(18-25(19)21-12-6-3-7-13-21)24-15-9-8-14-23(24)20-10-4-2-5-11-20/h2-18H,1H3. The average molecular weight is 320 g/mol. The van der Waals surface area contributed by atoms with Crippen LogP contribution in [0.4, 0.5) is 0 Å². The molecule has 0 aliphatic rings. The van der Waals surface area contributed by atoms with E-state index in [-0.39, 0.29) is 0 Å². The van der Waals surface area contributed by atoms with Gasteiger partial charge in [0.1, 0.15) is 0 Å². The Bertz CT molecular complexity index is 983. The molecule has 4 rings (SSSR count). The van der Waals surface area contributed by atoms with Gasteiger partial charge in [-0.05, 0) is 51.9 Å². The SMILES string of the molecule is Cc1ccc(-c2ccccc2-c2ccccc2)cc1-c1ccccc1. The summed E-state index contributed by atoms with van der Waals surface area (Å²) in [4.78, 5) is 0. The summed E-state index contributed by atoms with van der Waals surface area (Å²) in [6, 6.07) is 36.6. The summed E-state index contributed by atoms with van der Waals surface area (Å²) >= 11 is 0. The van der Waals surface area contributed by atoms with E-state index >= 15 is 0 Å². The minimum absolute atomic E-state index is 1.25. The van der Waals surface area contributed by atoms with E-state index in [4.69, 9.17) is 0 Å². The monoisotopic (exact) mass is 320 g/mol. The van der Waals surface area contributed by atoms with Gasteiger partial charge in [-0.3, -0.25) is 0 Å². The van der Waals surface area contributed by atoms with Crippen molar-refractivity contribution in [2.24, 2.45) is 0 Å². The van der Waals surface area contributed by atoms with Gasteiger partial charge in [-0.1, -0.05) is 97.1 Å². The van der Waals surface area contributed by atoms with Crippen LogP contribution in [0, 0.1) is 6.92 Å². The Morgan fingerprint density at radius 2 is 0.880 bits per heavy atom. The summed E-state index contributed by atoms with van der Waals surface area (Å²) in [5, 5.41) is 0. The van der Waals surface area contributed by atoms with E-state index in [1.54, 1.807) is 0 Å². The highest BCUT2D eigenvalue weighted by Gasteiger charge is 2.09. The lowest BCUT2D eigenvalue weighted by atomic mass is 9.91. The Morgan fingerprint density at radius 3 is 1.48 bits per heavy atom. The molecule has 0 atom stereocenters. The van der Waals surface area contributed by atoms with E-state index in [1.807, 2.05) is 0 Å². The summed E-state index contributed by atoms with van der Waals surface area (Å²) in [5.74, 6) is 0. The molecule has 4 aromatic rings. The van der Waals surface area contributed by atoms with Crippen LogP contribution in [0.1, 0.15) is 5.56 Å². The van der Waals surface area contributed by atoms with Crippen molar-refractivity contribution in [2.45, 2.75) is 6.92 Å². The van der Waals surface area contributed by atoms with E-state index < -0.39 is 0 Å². The van der Waals surface area contributed by atoms with E-state index in [9.17, 15) is 0 Å². The zero-order valence-corrected chi connectivity index (χ0v) is 14.3. The molecule has 0 aliphatic heterocycles. The Kier molecular flexibility index (Phi) is 4.18. The molecule has 0 aliphatic carbocycles. The number of hydrogen-bond donors (Lipinski definition) is 0. The first kappa shape index (κ1) is 15.4. The first-order valence-electron chi connectivity index (χ1n) is 8.64. The Morgan fingerprint density at radius 1 is 0.400 bits per heavy atom. The second-order valence-corrected chi connectivity index (χ2v) is 6.31. The van der Waals surface area contributed by atoms with Crippen LogP contribution in [0.25, 0.3) is 33.4 Å². The minimum atomic E-state index is 1.25. The molecule has 0 N–H and O–H groups in total. The molecule has 0 spiro atoms. The molecule has 0 aromatic heterocycles. The van der Waals surface area contributed by atoms with Crippen molar-refractivity contribution < 1.29 is 0 Å². The molecule has 0 saturated heterocycles. The van der Waals surface area contributed by atoms with Crippen molar-refractivity contribution in [3.8, 4) is 33.4 Å². The molecule has 0 heteroatoms. The topological polar surface area (TPSA) is 0 Å². The second-order valence-electron chi connectivity index (χ2n) is 6.31. The number of benzene rings is 4. The maximum atomic E-state index is 2.31. The van der Waals surface area contributed by atoms with Gasteiger partial charge < -0.3 is 0 Å². The first-order valence-corrected chi connectivity index (χ1v) is 8.64. The van der Waals surface area contributed by atoms with Crippen LogP contribution < -0.4 is 0 Å². The molecule has 0 radical (unpaired) electrons. The molecule has 25 heavy (non-hydrogen) atoms. The summed E-state index contributed by atoms with van der Waals surface area (Å²) in [5.41, 5.74) is 8.90. The maximum absolute atomic E-state index is 2.31. The lowest BCUT2D eigenvalue weighted by Gasteiger charge is -2.13. The van der Waals surface area contributed by atoms with Gasteiger partial charge in [-0.2, -0.15) is 0 Å². The molecular formula is C25H20. The van der Waals surface area contributed by atoms with Gasteiger partial charge >= 0.3 is 0 Å². The molecule has 0 amide bonds. The number of hydrogen-bond acceptors (Lipinski definition) is 0. The summed E-state index contributed by atoms with van der Waals surface area (Å²) < 4.78 is 0. The van der Waals surface area contributed by atoms with Crippen LogP contribution in [-0.4, -0.2) is 0 Å². The third-order valence-electron chi connectivity index (χ3n) is 4.65. The van der Waals surface area contributed by atoms with Gasteiger partial charge in [0.05, 0.1) is 0 Å². The van der Waals surface area contributed by atoms with E-state index in [2.05, 4.69) is 110 Å². The fourth-order valence-electron chi connectivity index (χ4n) is 3.32. The summed E-state index contributed by atoms with van der Waals surface area (Å²) in [6.07, 6.45) is 0. The zero-order chi connectivity index (χ0) is 17.1. The molecule has 0 heterocycles. The number of rotatable bonds is 3. The maximum Gasteiger partial charge on any atom is -0.0105 e. The third kappa shape index (κ3) is 3.12. The highest BCUT2D eigenvalue weighted by molar-refractivity contribution is 5.85. The summed E-state index contributed by atoms with van der Waals surface area (Å²) in [7, 11) is 0. The first-order chi connectivity index (χ1) is 12.3. The van der Waals surface area contributed by atoms with Gasteiger partial charge in [-0.15, -0.1) is 0 Å². The fourth-order valence-corrected chi connectivity index (χ4v) is 3.32. The van der Waals surface area contributed by atoms with Crippen LogP contribution in [0.2, 0.25) is 0 Å². The van der Waals surface area contributed by atoms with Crippen molar-refractivity contribution in [3.63, 3.8) is 0 Å². The highest BCUT2D eigenvalue weighted by atomic mass is 14.1. The normalized spacial score (nSPS) is 10.6. The summed E-state index contributed by atoms with van der Waals surface area (Å²) in [6.45, 7) is 2.18. The van der Waals surface area contributed by atoms with Crippen LogP contribution >= 0.6 is 0 Å². The molecule has 4 aromatic carbocycles. The van der Waals surface area contributed by atoms with Gasteiger partial charge in [0.15, 0.2) is 0 Å². The molecule has 0 fully saturated rings. The van der Waals surface area contributed by atoms with E-state index in [0.717, 1.165) is 0 Å². The minimum Gasteiger partial charge on any atom is -0.0622 e. The van der Waals surface area contributed by atoms with E-state index in [1.165, 1.54) is 38.9 Å².